The van der Waals surface area contributed by atoms with Gasteiger partial charge in [-0.25, -0.2) is 9.97 Å². The molecule has 1 aromatic carbocycles. The fourth-order valence-corrected chi connectivity index (χ4v) is 3.71. The van der Waals surface area contributed by atoms with Crippen LogP contribution in [-0.4, -0.2) is 47.0 Å². The summed E-state index contributed by atoms with van der Waals surface area (Å²) in [7, 11) is 0. The predicted molar refractivity (Wildman–Crippen MR) is 96.4 cm³/mol. The molecule has 3 aromatic rings. The zero-order valence-electron chi connectivity index (χ0n) is 13.1. The number of rotatable bonds is 2. The van der Waals surface area contributed by atoms with Gasteiger partial charge in [0.25, 0.3) is 5.91 Å². The van der Waals surface area contributed by atoms with Crippen molar-refractivity contribution in [3.63, 3.8) is 0 Å². The molecule has 0 radical (unpaired) electrons. The SMILES string of the molecule is Nc1nc2ccc(C(=O)N3CCN(c4ccccn4)CC3)cc2s1. The van der Waals surface area contributed by atoms with E-state index in [1.165, 1.54) is 11.3 Å². The van der Waals surface area contributed by atoms with Crippen LogP contribution in [0.2, 0.25) is 0 Å². The molecular formula is C17H17N5OS. The third kappa shape index (κ3) is 2.78. The molecule has 122 valence electrons. The van der Waals surface area contributed by atoms with Crippen LogP contribution in [0.4, 0.5) is 10.9 Å². The number of benzene rings is 1. The van der Waals surface area contributed by atoms with E-state index in [4.69, 9.17) is 5.73 Å². The number of carbonyl (C=O) groups is 1. The van der Waals surface area contributed by atoms with Crippen molar-refractivity contribution in [2.75, 3.05) is 36.8 Å². The third-order valence-corrected chi connectivity index (χ3v) is 5.04. The highest BCUT2D eigenvalue weighted by molar-refractivity contribution is 7.22. The van der Waals surface area contributed by atoms with E-state index in [2.05, 4.69) is 14.9 Å². The lowest BCUT2D eigenvalue weighted by atomic mass is 10.1. The molecule has 0 unspecified atom stereocenters. The van der Waals surface area contributed by atoms with Crippen molar-refractivity contribution in [2.24, 2.45) is 0 Å². The van der Waals surface area contributed by atoms with Gasteiger partial charge in [0.2, 0.25) is 0 Å². The lowest BCUT2D eigenvalue weighted by Crippen LogP contribution is -2.49. The number of nitrogens with zero attached hydrogens (tertiary/aromatic N) is 4. The molecule has 1 fully saturated rings. The number of piperazine rings is 1. The first-order valence-electron chi connectivity index (χ1n) is 7.82. The third-order valence-electron chi connectivity index (χ3n) is 4.19. The highest BCUT2D eigenvalue weighted by Crippen LogP contribution is 2.25. The average molecular weight is 339 g/mol. The Balaban J connectivity index is 1.47. The van der Waals surface area contributed by atoms with Crippen molar-refractivity contribution in [3.8, 4) is 0 Å². The topological polar surface area (TPSA) is 75.3 Å². The molecule has 1 saturated heterocycles. The summed E-state index contributed by atoms with van der Waals surface area (Å²) >= 11 is 1.41. The normalized spacial score (nSPS) is 15.0. The minimum atomic E-state index is 0.0598. The van der Waals surface area contributed by atoms with Crippen molar-refractivity contribution >= 4 is 38.4 Å². The Bertz CT molecular complexity index is 871. The van der Waals surface area contributed by atoms with Gasteiger partial charge in [-0.1, -0.05) is 17.4 Å². The number of anilines is 2. The summed E-state index contributed by atoms with van der Waals surface area (Å²) in [6.45, 7) is 2.97. The monoisotopic (exact) mass is 339 g/mol. The molecule has 0 bridgehead atoms. The van der Waals surface area contributed by atoms with Gasteiger partial charge >= 0.3 is 0 Å². The highest BCUT2D eigenvalue weighted by Gasteiger charge is 2.23. The zero-order chi connectivity index (χ0) is 16.5. The van der Waals surface area contributed by atoms with E-state index < -0.39 is 0 Å². The van der Waals surface area contributed by atoms with E-state index in [0.29, 0.717) is 23.8 Å². The molecule has 3 heterocycles. The molecule has 0 saturated carbocycles. The number of carbonyl (C=O) groups excluding carboxylic acids is 1. The van der Waals surface area contributed by atoms with Crippen LogP contribution in [0.5, 0.6) is 0 Å². The molecule has 1 aliphatic heterocycles. The first-order valence-corrected chi connectivity index (χ1v) is 8.64. The van der Waals surface area contributed by atoms with Crippen molar-refractivity contribution in [1.82, 2.24) is 14.9 Å². The molecule has 4 rings (SSSR count). The molecule has 24 heavy (non-hydrogen) atoms. The van der Waals surface area contributed by atoms with Crippen LogP contribution >= 0.6 is 11.3 Å². The van der Waals surface area contributed by atoms with Gasteiger partial charge in [-0.05, 0) is 30.3 Å². The number of thiazole rings is 1. The van der Waals surface area contributed by atoms with Gasteiger partial charge in [-0.2, -0.15) is 0 Å². The molecule has 7 heteroatoms. The number of pyridine rings is 1. The second kappa shape index (κ2) is 6.09. The quantitative estimate of drug-likeness (QED) is 0.775. The van der Waals surface area contributed by atoms with Crippen molar-refractivity contribution < 1.29 is 4.79 Å². The maximum absolute atomic E-state index is 12.7. The second-order valence-electron chi connectivity index (χ2n) is 5.70. The van der Waals surface area contributed by atoms with E-state index in [1.54, 1.807) is 6.20 Å². The first kappa shape index (κ1) is 14.9. The lowest BCUT2D eigenvalue weighted by molar-refractivity contribution is 0.0746. The van der Waals surface area contributed by atoms with Gasteiger partial charge < -0.3 is 15.5 Å². The molecule has 2 aromatic heterocycles. The Morgan fingerprint density at radius 2 is 1.96 bits per heavy atom. The Hall–Kier alpha value is -2.67. The molecule has 2 N–H and O–H groups in total. The number of nitrogens with two attached hydrogens (primary N) is 1. The molecule has 1 amide bonds. The minimum Gasteiger partial charge on any atom is -0.375 e. The van der Waals surface area contributed by atoms with Crippen molar-refractivity contribution in [1.29, 1.82) is 0 Å². The largest absolute Gasteiger partial charge is 0.375 e. The van der Waals surface area contributed by atoms with Crippen LogP contribution in [0.3, 0.4) is 0 Å². The van der Waals surface area contributed by atoms with Gasteiger partial charge in [0.15, 0.2) is 5.13 Å². The van der Waals surface area contributed by atoms with Crippen LogP contribution in [0.15, 0.2) is 42.6 Å². The number of aromatic nitrogens is 2. The van der Waals surface area contributed by atoms with E-state index in [0.717, 1.165) is 29.1 Å². The number of nitrogen functional groups attached to an aromatic ring is 1. The van der Waals surface area contributed by atoms with E-state index >= 15 is 0 Å². The van der Waals surface area contributed by atoms with E-state index in [9.17, 15) is 4.79 Å². The summed E-state index contributed by atoms with van der Waals surface area (Å²) in [6.07, 6.45) is 1.79. The van der Waals surface area contributed by atoms with Crippen LogP contribution in [0, 0.1) is 0 Å². The molecule has 1 aliphatic rings. The highest BCUT2D eigenvalue weighted by atomic mass is 32.1. The number of hydrogen-bond donors (Lipinski definition) is 1. The standard InChI is InChI=1S/C17H17N5OS/c18-17-20-13-5-4-12(11-14(13)24-17)16(23)22-9-7-21(8-10-22)15-3-1-2-6-19-15/h1-6,11H,7-10H2,(H2,18,20). The van der Waals surface area contributed by atoms with Gasteiger partial charge in [-0.15, -0.1) is 0 Å². The van der Waals surface area contributed by atoms with Crippen LogP contribution in [0.1, 0.15) is 10.4 Å². The first-order chi connectivity index (χ1) is 11.7. The van der Waals surface area contributed by atoms with Crippen LogP contribution in [0.25, 0.3) is 10.2 Å². The van der Waals surface area contributed by atoms with E-state index in [-0.39, 0.29) is 5.91 Å². The number of fused-ring (bicyclic) bond motifs is 1. The summed E-state index contributed by atoms with van der Waals surface area (Å²) in [5.74, 6) is 1.02. The fourth-order valence-electron chi connectivity index (χ4n) is 2.94. The summed E-state index contributed by atoms with van der Waals surface area (Å²) in [6, 6.07) is 11.5. The van der Waals surface area contributed by atoms with Gasteiger partial charge in [0.1, 0.15) is 5.82 Å². The summed E-state index contributed by atoms with van der Waals surface area (Å²) < 4.78 is 0.950. The fraction of sp³-hybridized carbons (Fsp3) is 0.235. The Morgan fingerprint density at radius 3 is 2.71 bits per heavy atom. The Morgan fingerprint density at radius 1 is 1.12 bits per heavy atom. The molecule has 0 spiro atoms. The molecular weight excluding hydrogens is 322 g/mol. The van der Waals surface area contributed by atoms with Gasteiger partial charge in [0.05, 0.1) is 10.2 Å². The van der Waals surface area contributed by atoms with Crippen molar-refractivity contribution in [2.45, 2.75) is 0 Å². The maximum atomic E-state index is 12.7. The minimum absolute atomic E-state index is 0.0598. The molecule has 0 atom stereocenters. The predicted octanol–water partition coefficient (Wildman–Crippen LogP) is 2.24. The lowest BCUT2D eigenvalue weighted by Gasteiger charge is -2.35. The van der Waals surface area contributed by atoms with Crippen molar-refractivity contribution in [3.05, 3.63) is 48.2 Å². The van der Waals surface area contributed by atoms with E-state index in [1.807, 2.05) is 41.3 Å². The van der Waals surface area contributed by atoms with Gasteiger partial charge in [-0.3, -0.25) is 4.79 Å². The molecule has 0 aliphatic carbocycles. The summed E-state index contributed by atoms with van der Waals surface area (Å²) in [5.41, 5.74) is 7.26. The van der Waals surface area contributed by atoms with Crippen LogP contribution < -0.4 is 10.6 Å². The second-order valence-corrected chi connectivity index (χ2v) is 6.76. The maximum Gasteiger partial charge on any atom is 0.254 e. The zero-order valence-corrected chi connectivity index (χ0v) is 13.9. The number of amides is 1. The number of hydrogen-bond acceptors (Lipinski definition) is 6. The summed E-state index contributed by atoms with van der Waals surface area (Å²) in [5, 5.41) is 0.526. The summed E-state index contributed by atoms with van der Waals surface area (Å²) in [4.78, 5) is 25.4. The Labute approximate surface area is 143 Å². The smallest absolute Gasteiger partial charge is 0.254 e. The van der Waals surface area contributed by atoms with Gasteiger partial charge in [0, 0.05) is 37.9 Å². The average Bonchev–Trinajstić information content (AvgIpc) is 3.01. The van der Waals surface area contributed by atoms with Crippen LogP contribution in [-0.2, 0) is 0 Å². The Kier molecular flexibility index (Phi) is 3.78. The molecule has 6 nitrogen and oxygen atoms in total.